The highest BCUT2D eigenvalue weighted by molar-refractivity contribution is 5.41. The average Bonchev–Trinajstić information content (AvgIpc) is 3.25. The van der Waals surface area contributed by atoms with E-state index in [-0.39, 0.29) is 58.9 Å². The highest BCUT2D eigenvalue weighted by Gasteiger charge is 2.91. The molecule has 6 fully saturated rings. The third kappa shape index (κ3) is 2.27. The predicted octanol–water partition coefficient (Wildman–Crippen LogP) is 0.925. The molecule has 8 nitrogen and oxygen atoms in total. The topological polar surface area (TPSA) is 89.9 Å². The minimum atomic E-state index is -1.47. The largest absolute Gasteiger partial charge is 0.386 e. The Kier molecular flexibility index (Phi) is 5.38. The van der Waals surface area contributed by atoms with Crippen molar-refractivity contribution in [2.24, 2.45) is 34.5 Å². The highest BCUT2D eigenvalue weighted by atomic mass is 16.5. The normalized spacial score (nSPS) is 59.5. The number of fused-ring (bicyclic) bond motifs is 2. The van der Waals surface area contributed by atoms with Crippen molar-refractivity contribution in [3.8, 4) is 0 Å². The molecule has 0 aromatic carbocycles. The van der Waals surface area contributed by atoms with Crippen LogP contribution < -0.4 is 0 Å². The lowest BCUT2D eigenvalue weighted by atomic mass is 9.42. The summed E-state index contributed by atoms with van der Waals surface area (Å²) in [7, 11) is 8.77. The maximum Gasteiger partial charge on any atom is 0.136 e. The van der Waals surface area contributed by atoms with Gasteiger partial charge in [0.2, 0.25) is 0 Å². The maximum atomic E-state index is 13.1. The Balaban J connectivity index is 1.67. The lowest BCUT2D eigenvalue weighted by Crippen LogP contribution is -2.82. The molecule has 6 aliphatic rings. The molecule has 0 aromatic rings. The Morgan fingerprint density at radius 1 is 1.00 bits per heavy atom. The van der Waals surface area contributed by atoms with Gasteiger partial charge < -0.3 is 33.9 Å². The number of likely N-dealkylation sites (tertiary alicyclic amines) is 1. The molecule has 9 unspecified atom stereocenters. The van der Waals surface area contributed by atoms with Gasteiger partial charge in [-0.25, -0.2) is 0 Å². The van der Waals surface area contributed by atoms with E-state index < -0.39 is 17.3 Å². The van der Waals surface area contributed by atoms with E-state index in [0.717, 1.165) is 32.4 Å². The van der Waals surface area contributed by atoms with Crippen LogP contribution in [0.5, 0.6) is 0 Å². The van der Waals surface area contributed by atoms with Gasteiger partial charge in [-0.15, -0.1) is 0 Å². The van der Waals surface area contributed by atoms with E-state index in [1.807, 2.05) is 7.11 Å². The van der Waals surface area contributed by atoms with Crippen LogP contribution in [0, 0.1) is 34.5 Å². The van der Waals surface area contributed by atoms with Gasteiger partial charge in [0.15, 0.2) is 0 Å². The third-order valence-corrected chi connectivity index (χ3v) is 11.7. The summed E-state index contributed by atoms with van der Waals surface area (Å²) in [5.74, 6) is 0.165. The lowest BCUT2D eigenvalue weighted by molar-refractivity contribution is -0.320. The van der Waals surface area contributed by atoms with E-state index in [9.17, 15) is 10.2 Å². The number of aliphatic hydroxyl groups is 2. The second kappa shape index (κ2) is 7.60. The van der Waals surface area contributed by atoms with Crippen LogP contribution in [-0.4, -0.2) is 112 Å². The molecular weight excluding hydrogens is 438 g/mol. The van der Waals surface area contributed by atoms with E-state index in [1.54, 1.807) is 28.4 Å². The third-order valence-electron chi connectivity index (χ3n) is 11.7. The van der Waals surface area contributed by atoms with Gasteiger partial charge in [-0.05, 0) is 31.7 Å². The molecule has 13 atom stereocenters. The molecule has 0 radical (unpaired) electrons. The Labute approximate surface area is 203 Å². The summed E-state index contributed by atoms with van der Waals surface area (Å²) in [6, 6.07) is -0.256. The quantitative estimate of drug-likeness (QED) is 0.555. The SMILES string of the molecule is CCN1C[C@]2(COC)CCC(OC)C34C5CC6C(OC)C5[C@](O)(C[C@@H]6OC)[C@](O)(C(OC)C32)C14. The molecule has 5 saturated carbocycles. The van der Waals surface area contributed by atoms with Crippen LogP contribution in [0.25, 0.3) is 0 Å². The van der Waals surface area contributed by atoms with E-state index in [0.29, 0.717) is 13.0 Å². The highest BCUT2D eigenvalue weighted by Crippen LogP contribution is 2.80. The molecule has 1 spiro atoms. The zero-order chi connectivity index (χ0) is 24.3. The Hall–Kier alpha value is -0.320. The number of nitrogens with zero attached hydrogens (tertiary/aromatic N) is 1. The zero-order valence-corrected chi connectivity index (χ0v) is 21.5. The van der Waals surface area contributed by atoms with Gasteiger partial charge >= 0.3 is 0 Å². The van der Waals surface area contributed by atoms with Crippen LogP contribution >= 0.6 is 0 Å². The summed E-state index contributed by atoms with van der Waals surface area (Å²) in [6.07, 6.45) is 2.30. The molecule has 34 heavy (non-hydrogen) atoms. The van der Waals surface area contributed by atoms with Crippen LogP contribution in [0.2, 0.25) is 0 Å². The molecule has 8 heteroatoms. The summed E-state index contributed by atoms with van der Waals surface area (Å²) < 4.78 is 30.7. The van der Waals surface area contributed by atoms with E-state index in [1.165, 1.54) is 0 Å². The molecule has 6 rings (SSSR count). The second-order valence-corrected chi connectivity index (χ2v) is 12.1. The van der Waals surface area contributed by atoms with Gasteiger partial charge in [-0.1, -0.05) is 6.92 Å². The number of hydrogen-bond donors (Lipinski definition) is 2. The van der Waals surface area contributed by atoms with E-state index >= 15 is 0 Å². The van der Waals surface area contributed by atoms with Crippen LogP contribution in [0.15, 0.2) is 0 Å². The number of ether oxygens (including phenoxy) is 5. The van der Waals surface area contributed by atoms with Crippen molar-refractivity contribution in [3.63, 3.8) is 0 Å². The number of methoxy groups -OCH3 is 5. The molecule has 1 saturated heterocycles. The first kappa shape index (κ1) is 24.0. The van der Waals surface area contributed by atoms with Crippen molar-refractivity contribution in [3.05, 3.63) is 0 Å². The number of rotatable bonds is 7. The first-order valence-electron chi connectivity index (χ1n) is 13.1. The first-order valence-corrected chi connectivity index (χ1v) is 13.1. The Morgan fingerprint density at radius 2 is 1.76 bits per heavy atom. The van der Waals surface area contributed by atoms with Crippen molar-refractivity contribution in [2.45, 2.75) is 74.3 Å². The number of hydrogen-bond acceptors (Lipinski definition) is 8. The van der Waals surface area contributed by atoms with Crippen molar-refractivity contribution in [1.82, 2.24) is 4.90 Å². The van der Waals surface area contributed by atoms with Gasteiger partial charge in [0, 0.05) is 77.1 Å². The van der Waals surface area contributed by atoms with Gasteiger partial charge in [-0.2, -0.15) is 0 Å². The molecule has 0 amide bonds. The Morgan fingerprint density at radius 3 is 2.35 bits per heavy atom. The van der Waals surface area contributed by atoms with Crippen LogP contribution in [0.3, 0.4) is 0 Å². The number of piperidine rings is 1. The molecule has 1 heterocycles. The standard InChI is InChI=1S/C26H43NO7/c1-7-27-12-23(13-30-2)9-8-17(32-4)25-15-10-14-16(31-3)11-24(28,18(15)19(14)33-5)26(29,22(25)27)21(34-6)20(23)25/h14-22,28-29H,7-13H2,1-6H3/t14?,15?,16-,17?,18?,19?,20?,21?,22?,23-,24+,25?,26-/m0/s1. The molecule has 2 N–H and O–H groups in total. The summed E-state index contributed by atoms with van der Waals surface area (Å²) in [6.45, 7) is 4.41. The van der Waals surface area contributed by atoms with Crippen molar-refractivity contribution in [2.75, 3.05) is 55.2 Å². The van der Waals surface area contributed by atoms with Crippen LogP contribution in [0.1, 0.15) is 32.6 Å². The van der Waals surface area contributed by atoms with Gasteiger partial charge in [0.1, 0.15) is 11.2 Å². The summed E-state index contributed by atoms with van der Waals surface area (Å²) in [4.78, 5) is 2.43. The van der Waals surface area contributed by atoms with Gasteiger partial charge in [0.05, 0.1) is 37.1 Å². The minimum Gasteiger partial charge on any atom is -0.386 e. The number of likely N-dealkylation sites (N-methyl/N-ethyl adjacent to an activating group) is 1. The molecule has 194 valence electrons. The van der Waals surface area contributed by atoms with Gasteiger partial charge in [-0.3, -0.25) is 4.90 Å². The van der Waals surface area contributed by atoms with Crippen molar-refractivity contribution >= 4 is 0 Å². The fourth-order valence-corrected chi connectivity index (χ4v) is 11.3. The smallest absolute Gasteiger partial charge is 0.136 e. The predicted molar refractivity (Wildman–Crippen MR) is 123 cm³/mol. The molecule has 0 aromatic heterocycles. The fraction of sp³-hybridized carbons (Fsp3) is 1.00. The summed E-state index contributed by atoms with van der Waals surface area (Å²) >= 11 is 0. The monoisotopic (exact) mass is 481 g/mol. The van der Waals surface area contributed by atoms with Crippen LogP contribution in [-0.2, 0) is 23.7 Å². The van der Waals surface area contributed by atoms with Crippen molar-refractivity contribution < 1.29 is 33.9 Å². The molecule has 5 aliphatic carbocycles. The minimum absolute atomic E-state index is 0.0262. The molecule has 1 aliphatic heterocycles. The summed E-state index contributed by atoms with van der Waals surface area (Å²) in [5.41, 5.74) is -3.38. The molecular formula is C26H43NO7. The van der Waals surface area contributed by atoms with Gasteiger partial charge in [0.25, 0.3) is 0 Å². The van der Waals surface area contributed by atoms with Crippen molar-refractivity contribution in [1.29, 1.82) is 0 Å². The van der Waals surface area contributed by atoms with E-state index in [4.69, 9.17) is 23.7 Å². The molecule has 7 bridgehead atoms. The van der Waals surface area contributed by atoms with E-state index in [2.05, 4.69) is 11.8 Å². The van der Waals surface area contributed by atoms with Crippen LogP contribution in [0.4, 0.5) is 0 Å². The Bertz CT molecular complexity index is 829. The maximum absolute atomic E-state index is 13.1. The average molecular weight is 482 g/mol. The fourth-order valence-electron chi connectivity index (χ4n) is 11.3. The summed E-state index contributed by atoms with van der Waals surface area (Å²) in [5, 5.41) is 25.9. The second-order valence-electron chi connectivity index (χ2n) is 12.1. The lowest BCUT2D eigenvalue weighted by Gasteiger charge is -2.70. The first-order chi connectivity index (χ1) is 16.3. The zero-order valence-electron chi connectivity index (χ0n) is 21.5.